The van der Waals surface area contributed by atoms with Crippen LogP contribution in [0.3, 0.4) is 0 Å². The van der Waals surface area contributed by atoms with Crippen LogP contribution >= 0.6 is 0 Å². The predicted octanol–water partition coefficient (Wildman–Crippen LogP) is 2.32. The molecule has 7 nitrogen and oxygen atoms in total. The molecule has 0 aromatic heterocycles. The Kier molecular flexibility index (Phi) is 7.37. The number of benzene rings is 1. The van der Waals surface area contributed by atoms with Crippen molar-refractivity contribution in [1.82, 2.24) is 15.5 Å². The molecule has 1 aliphatic heterocycles. The predicted molar refractivity (Wildman–Crippen MR) is 102 cm³/mol. The van der Waals surface area contributed by atoms with E-state index >= 15 is 0 Å². The van der Waals surface area contributed by atoms with Gasteiger partial charge in [0, 0.05) is 25.2 Å². The molecule has 0 atom stereocenters. The number of likely N-dealkylation sites (tertiary alicyclic amines) is 1. The van der Waals surface area contributed by atoms with Gasteiger partial charge in [-0.05, 0) is 63.8 Å². The van der Waals surface area contributed by atoms with E-state index in [-0.39, 0.29) is 30.1 Å². The Morgan fingerprint density at radius 1 is 1.11 bits per heavy atom. The van der Waals surface area contributed by atoms with Crippen molar-refractivity contribution in [1.29, 1.82) is 0 Å². The van der Waals surface area contributed by atoms with Gasteiger partial charge in [-0.3, -0.25) is 9.59 Å². The normalized spacial score (nSPS) is 15.1. The van der Waals surface area contributed by atoms with Crippen LogP contribution in [0.4, 0.5) is 9.18 Å². The largest absolute Gasteiger partial charge is 0.444 e. The second-order valence-electron chi connectivity index (χ2n) is 7.90. The molecule has 0 spiro atoms. The molecule has 0 unspecified atom stereocenters. The minimum Gasteiger partial charge on any atom is -0.444 e. The maximum atomic E-state index is 12.9. The Labute approximate surface area is 164 Å². The van der Waals surface area contributed by atoms with E-state index in [1.165, 1.54) is 24.3 Å². The van der Waals surface area contributed by atoms with Gasteiger partial charge < -0.3 is 20.3 Å². The third-order valence-electron chi connectivity index (χ3n) is 4.41. The smallest absolute Gasteiger partial charge is 0.408 e. The minimum absolute atomic E-state index is 0.0963. The summed E-state index contributed by atoms with van der Waals surface area (Å²) >= 11 is 0. The number of hydrogen-bond donors (Lipinski definition) is 2. The molecule has 1 aromatic rings. The fourth-order valence-corrected chi connectivity index (χ4v) is 2.90. The van der Waals surface area contributed by atoms with Gasteiger partial charge in [-0.25, -0.2) is 9.18 Å². The van der Waals surface area contributed by atoms with E-state index in [9.17, 15) is 18.8 Å². The highest BCUT2D eigenvalue weighted by Crippen LogP contribution is 2.16. The summed E-state index contributed by atoms with van der Waals surface area (Å²) < 4.78 is 18.0. The van der Waals surface area contributed by atoms with Crippen LogP contribution in [0, 0.1) is 11.7 Å². The first-order chi connectivity index (χ1) is 13.1. The second-order valence-corrected chi connectivity index (χ2v) is 7.90. The molecular formula is C20H28FN3O4. The number of rotatable bonds is 5. The van der Waals surface area contributed by atoms with Crippen LogP contribution in [-0.2, 0) is 9.53 Å². The van der Waals surface area contributed by atoms with Crippen molar-refractivity contribution < 1.29 is 23.5 Å². The van der Waals surface area contributed by atoms with Crippen molar-refractivity contribution in [3.05, 3.63) is 35.6 Å². The summed E-state index contributed by atoms with van der Waals surface area (Å²) in [7, 11) is 0. The number of piperidine rings is 1. The lowest BCUT2D eigenvalue weighted by atomic mass is 9.96. The van der Waals surface area contributed by atoms with Gasteiger partial charge in [0.05, 0.1) is 0 Å². The van der Waals surface area contributed by atoms with Crippen LogP contribution in [0.5, 0.6) is 0 Å². The van der Waals surface area contributed by atoms with E-state index < -0.39 is 11.7 Å². The highest BCUT2D eigenvalue weighted by Gasteiger charge is 2.24. The Morgan fingerprint density at radius 3 is 2.29 bits per heavy atom. The summed E-state index contributed by atoms with van der Waals surface area (Å²) in [5, 5.41) is 5.33. The summed E-state index contributed by atoms with van der Waals surface area (Å²) in [6, 6.07) is 5.40. The number of halogens is 1. The lowest BCUT2D eigenvalue weighted by Crippen LogP contribution is -2.46. The molecule has 8 heteroatoms. The van der Waals surface area contributed by atoms with E-state index in [4.69, 9.17) is 4.74 Å². The Bertz CT molecular complexity index is 692. The molecule has 3 amide bonds. The van der Waals surface area contributed by atoms with Gasteiger partial charge in [0.2, 0.25) is 5.91 Å². The maximum Gasteiger partial charge on any atom is 0.408 e. The number of nitrogens with zero attached hydrogens (tertiary/aromatic N) is 1. The van der Waals surface area contributed by atoms with Gasteiger partial charge in [0.1, 0.15) is 18.0 Å². The highest BCUT2D eigenvalue weighted by atomic mass is 19.1. The lowest BCUT2D eigenvalue weighted by molar-refractivity contribution is -0.131. The van der Waals surface area contributed by atoms with Crippen molar-refractivity contribution in [3.8, 4) is 0 Å². The van der Waals surface area contributed by atoms with Gasteiger partial charge in [-0.15, -0.1) is 0 Å². The number of carbonyl (C=O) groups excluding carboxylic acids is 3. The van der Waals surface area contributed by atoms with Crippen LogP contribution in [0.1, 0.15) is 44.0 Å². The quantitative estimate of drug-likeness (QED) is 0.804. The summed E-state index contributed by atoms with van der Waals surface area (Å²) in [6.07, 6.45) is 0.920. The van der Waals surface area contributed by atoms with Gasteiger partial charge in [-0.1, -0.05) is 0 Å². The number of alkyl carbamates (subject to hydrolysis) is 1. The van der Waals surface area contributed by atoms with Crippen molar-refractivity contribution in [2.75, 3.05) is 26.2 Å². The number of carbonyl (C=O) groups is 3. The number of hydrogen-bond acceptors (Lipinski definition) is 4. The van der Waals surface area contributed by atoms with Crippen LogP contribution in [0.15, 0.2) is 24.3 Å². The molecule has 1 aromatic carbocycles. The Morgan fingerprint density at radius 2 is 1.71 bits per heavy atom. The van der Waals surface area contributed by atoms with Crippen molar-refractivity contribution >= 4 is 17.9 Å². The van der Waals surface area contributed by atoms with Crippen molar-refractivity contribution in [2.45, 2.75) is 39.2 Å². The number of ether oxygens (including phenoxy) is 1. The van der Waals surface area contributed by atoms with E-state index in [2.05, 4.69) is 10.6 Å². The molecule has 0 radical (unpaired) electrons. The second kappa shape index (κ2) is 9.52. The average Bonchev–Trinajstić information content (AvgIpc) is 2.64. The first-order valence-corrected chi connectivity index (χ1v) is 9.42. The number of nitrogens with one attached hydrogen (secondary N) is 2. The summed E-state index contributed by atoms with van der Waals surface area (Å²) in [4.78, 5) is 37.6. The summed E-state index contributed by atoms with van der Waals surface area (Å²) in [5.74, 6) is -0.498. The van der Waals surface area contributed by atoms with Crippen molar-refractivity contribution in [3.63, 3.8) is 0 Å². The van der Waals surface area contributed by atoms with Crippen LogP contribution < -0.4 is 10.6 Å². The zero-order valence-corrected chi connectivity index (χ0v) is 16.6. The molecule has 0 aliphatic carbocycles. The third-order valence-corrected chi connectivity index (χ3v) is 4.41. The Balaban J connectivity index is 1.67. The van der Waals surface area contributed by atoms with E-state index in [0.29, 0.717) is 25.2 Å². The molecule has 0 bridgehead atoms. The van der Waals surface area contributed by atoms with Gasteiger partial charge in [-0.2, -0.15) is 0 Å². The van der Waals surface area contributed by atoms with Crippen molar-refractivity contribution in [2.24, 2.45) is 5.92 Å². The molecular weight excluding hydrogens is 365 g/mol. The van der Waals surface area contributed by atoms with Crippen LogP contribution in [0.2, 0.25) is 0 Å². The SMILES string of the molecule is CC(C)(C)OC(=O)NCC(=O)N1CCC(CNC(=O)c2ccc(F)cc2)CC1. The van der Waals surface area contributed by atoms with Gasteiger partial charge in [0.25, 0.3) is 5.91 Å². The molecule has 28 heavy (non-hydrogen) atoms. The molecule has 1 fully saturated rings. The first-order valence-electron chi connectivity index (χ1n) is 9.42. The molecule has 2 N–H and O–H groups in total. The van der Waals surface area contributed by atoms with Gasteiger partial charge in [0.15, 0.2) is 0 Å². The molecule has 1 aliphatic rings. The zero-order valence-electron chi connectivity index (χ0n) is 16.6. The Hall–Kier alpha value is -2.64. The average molecular weight is 393 g/mol. The topological polar surface area (TPSA) is 87.7 Å². The van der Waals surface area contributed by atoms with E-state index in [1.807, 2.05) is 0 Å². The molecule has 1 saturated heterocycles. The minimum atomic E-state index is -0.612. The molecule has 0 saturated carbocycles. The summed E-state index contributed by atoms with van der Waals surface area (Å²) in [6.45, 7) is 6.84. The molecule has 1 heterocycles. The van der Waals surface area contributed by atoms with E-state index in [1.54, 1.807) is 25.7 Å². The van der Waals surface area contributed by atoms with Gasteiger partial charge >= 0.3 is 6.09 Å². The monoisotopic (exact) mass is 393 g/mol. The fourth-order valence-electron chi connectivity index (χ4n) is 2.90. The standard InChI is InChI=1S/C20H28FN3O4/c1-20(2,3)28-19(27)23-13-17(25)24-10-8-14(9-11-24)12-22-18(26)15-4-6-16(21)7-5-15/h4-7,14H,8-13H2,1-3H3,(H,22,26)(H,23,27). The third kappa shape index (κ3) is 7.17. The first kappa shape index (κ1) is 21.7. The van der Waals surface area contributed by atoms with Crippen LogP contribution in [0.25, 0.3) is 0 Å². The van der Waals surface area contributed by atoms with Crippen LogP contribution in [-0.4, -0.2) is 54.6 Å². The lowest BCUT2D eigenvalue weighted by Gasteiger charge is -2.32. The molecule has 2 rings (SSSR count). The number of amides is 3. The molecule has 154 valence electrons. The summed E-state index contributed by atoms with van der Waals surface area (Å²) in [5.41, 5.74) is -0.189. The fraction of sp³-hybridized carbons (Fsp3) is 0.550. The zero-order chi connectivity index (χ0) is 20.7. The van der Waals surface area contributed by atoms with E-state index in [0.717, 1.165) is 12.8 Å². The highest BCUT2D eigenvalue weighted by molar-refractivity contribution is 5.94. The maximum absolute atomic E-state index is 12.9.